The van der Waals surface area contributed by atoms with Gasteiger partial charge >= 0.3 is 0 Å². The summed E-state index contributed by atoms with van der Waals surface area (Å²) in [4.78, 5) is 13.3. The van der Waals surface area contributed by atoms with E-state index in [-0.39, 0.29) is 11.9 Å². The van der Waals surface area contributed by atoms with Gasteiger partial charge in [-0.05, 0) is 42.7 Å². The molecule has 2 aromatic rings. The zero-order valence-corrected chi connectivity index (χ0v) is 12.7. The molecule has 0 bridgehead atoms. The molecule has 1 fully saturated rings. The molecule has 1 heterocycles. The molecule has 1 amide bonds. The van der Waals surface area contributed by atoms with Gasteiger partial charge in [0.1, 0.15) is 0 Å². The summed E-state index contributed by atoms with van der Waals surface area (Å²) in [5, 5.41) is 5.15. The van der Waals surface area contributed by atoms with Crippen LogP contribution in [0.3, 0.4) is 0 Å². The largest absolute Gasteiger partial charge is 0.349 e. The minimum absolute atomic E-state index is 0.0457. The molecule has 0 radical (unpaired) electrons. The van der Waals surface area contributed by atoms with Gasteiger partial charge in [-0.2, -0.15) is 0 Å². The number of amides is 1. The third-order valence-corrected chi connectivity index (χ3v) is 4.98. The Kier molecular flexibility index (Phi) is 4.36. The van der Waals surface area contributed by atoms with E-state index >= 15 is 0 Å². The van der Waals surface area contributed by atoms with Gasteiger partial charge in [0, 0.05) is 17.6 Å². The highest BCUT2D eigenvalue weighted by Gasteiger charge is 2.22. The number of hydrogen-bond acceptors (Lipinski definition) is 3. The van der Waals surface area contributed by atoms with Crippen LogP contribution in [-0.4, -0.2) is 18.0 Å². The minimum atomic E-state index is 0.0457. The summed E-state index contributed by atoms with van der Waals surface area (Å²) < 4.78 is 0. The quantitative estimate of drug-likeness (QED) is 0.912. The number of carbonyl (C=O) groups excluding carboxylic acids is 1. The van der Waals surface area contributed by atoms with Gasteiger partial charge in [-0.1, -0.05) is 30.3 Å². The van der Waals surface area contributed by atoms with Gasteiger partial charge in [-0.15, -0.1) is 11.3 Å². The Hall–Kier alpha value is -1.65. The minimum Gasteiger partial charge on any atom is -0.349 e. The number of nitrogens with two attached hydrogens (primary N) is 1. The highest BCUT2D eigenvalue weighted by Crippen LogP contribution is 2.28. The van der Waals surface area contributed by atoms with Crippen LogP contribution in [0.2, 0.25) is 0 Å². The smallest absolute Gasteiger partial charge is 0.262 e. The zero-order chi connectivity index (χ0) is 14.7. The van der Waals surface area contributed by atoms with Crippen LogP contribution in [-0.2, 0) is 0 Å². The Morgan fingerprint density at radius 3 is 2.52 bits per heavy atom. The molecule has 1 saturated carbocycles. The van der Waals surface area contributed by atoms with Gasteiger partial charge in [0.15, 0.2) is 0 Å². The van der Waals surface area contributed by atoms with Crippen LogP contribution >= 0.6 is 11.3 Å². The van der Waals surface area contributed by atoms with Crippen LogP contribution < -0.4 is 11.1 Å². The molecule has 0 unspecified atom stereocenters. The van der Waals surface area contributed by atoms with Crippen molar-refractivity contribution < 1.29 is 4.79 Å². The van der Waals surface area contributed by atoms with Gasteiger partial charge in [0.05, 0.1) is 4.88 Å². The average molecular weight is 300 g/mol. The van der Waals surface area contributed by atoms with E-state index in [1.807, 2.05) is 41.8 Å². The SMILES string of the molecule is NC1CCC(NC(=O)c2sccc2-c2ccccc2)CC1. The molecule has 3 rings (SSSR count). The van der Waals surface area contributed by atoms with E-state index in [0.717, 1.165) is 41.7 Å². The first-order valence-corrected chi connectivity index (χ1v) is 8.31. The molecule has 3 N–H and O–H groups in total. The molecule has 110 valence electrons. The highest BCUT2D eigenvalue weighted by atomic mass is 32.1. The summed E-state index contributed by atoms with van der Waals surface area (Å²) in [7, 11) is 0. The molecule has 1 aromatic heterocycles. The first-order chi connectivity index (χ1) is 10.2. The van der Waals surface area contributed by atoms with E-state index < -0.39 is 0 Å². The third-order valence-electron chi connectivity index (χ3n) is 4.06. The van der Waals surface area contributed by atoms with E-state index in [2.05, 4.69) is 5.32 Å². The summed E-state index contributed by atoms with van der Waals surface area (Å²) in [5.74, 6) is 0.0457. The van der Waals surface area contributed by atoms with Crippen LogP contribution in [0.15, 0.2) is 41.8 Å². The molecule has 21 heavy (non-hydrogen) atoms. The maximum absolute atomic E-state index is 12.5. The monoisotopic (exact) mass is 300 g/mol. The highest BCUT2D eigenvalue weighted by molar-refractivity contribution is 7.12. The van der Waals surface area contributed by atoms with Gasteiger partial charge in [-0.25, -0.2) is 0 Å². The second-order valence-corrected chi connectivity index (χ2v) is 6.53. The summed E-state index contributed by atoms with van der Waals surface area (Å²) in [6, 6.07) is 12.7. The van der Waals surface area contributed by atoms with Crippen molar-refractivity contribution in [3.63, 3.8) is 0 Å². The second-order valence-electron chi connectivity index (χ2n) is 5.61. The van der Waals surface area contributed by atoms with Gasteiger partial charge in [-0.3, -0.25) is 4.79 Å². The van der Waals surface area contributed by atoms with E-state index in [9.17, 15) is 4.79 Å². The molecule has 1 aliphatic rings. The van der Waals surface area contributed by atoms with Crippen LogP contribution in [0.5, 0.6) is 0 Å². The predicted molar refractivity (Wildman–Crippen MR) is 87.5 cm³/mol. The standard InChI is InChI=1S/C17H20N2OS/c18-13-6-8-14(9-7-13)19-17(20)16-15(10-11-21-16)12-4-2-1-3-5-12/h1-5,10-11,13-14H,6-9,18H2,(H,19,20). The average Bonchev–Trinajstić information content (AvgIpc) is 3.00. The maximum Gasteiger partial charge on any atom is 0.262 e. The molecule has 0 aliphatic heterocycles. The van der Waals surface area contributed by atoms with Gasteiger partial charge in [0.25, 0.3) is 5.91 Å². The van der Waals surface area contributed by atoms with Crippen molar-refractivity contribution >= 4 is 17.2 Å². The van der Waals surface area contributed by atoms with Crippen molar-refractivity contribution in [3.8, 4) is 11.1 Å². The predicted octanol–water partition coefficient (Wildman–Crippen LogP) is 3.41. The molecule has 0 atom stereocenters. The van der Waals surface area contributed by atoms with Crippen molar-refractivity contribution in [1.82, 2.24) is 5.32 Å². The normalized spacial score (nSPS) is 22.0. The lowest BCUT2D eigenvalue weighted by Crippen LogP contribution is -2.40. The Morgan fingerprint density at radius 1 is 1.10 bits per heavy atom. The molecular weight excluding hydrogens is 280 g/mol. The third kappa shape index (κ3) is 3.34. The topological polar surface area (TPSA) is 55.1 Å². The fourth-order valence-electron chi connectivity index (χ4n) is 2.84. The Morgan fingerprint density at radius 2 is 1.81 bits per heavy atom. The van der Waals surface area contributed by atoms with Crippen LogP contribution in [0.1, 0.15) is 35.4 Å². The van der Waals surface area contributed by atoms with E-state index in [1.165, 1.54) is 11.3 Å². The molecule has 4 heteroatoms. The number of nitrogens with one attached hydrogen (secondary N) is 1. The first kappa shape index (κ1) is 14.3. The Balaban J connectivity index is 1.73. The van der Waals surface area contributed by atoms with E-state index in [4.69, 9.17) is 5.73 Å². The second kappa shape index (κ2) is 6.41. The first-order valence-electron chi connectivity index (χ1n) is 7.43. The summed E-state index contributed by atoms with van der Waals surface area (Å²) in [5.41, 5.74) is 8.02. The molecule has 0 saturated heterocycles. The van der Waals surface area contributed by atoms with Crippen LogP contribution in [0.4, 0.5) is 0 Å². The van der Waals surface area contributed by atoms with E-state index in [1.54, 1.807) is 0 Å². The Bertz CT molecular complexity index is 600. The van der Waals surface area contributed by atoms with Crippen molar-refractivity contribution in [3.05, 3.63) is 46.7 Å². The maximum atomic E-state index is 12.5. The molecule has 3 nitrogen and oxygen atoms in total. The lowest BCUT2D eigenvalue weighted by Gasteiger charge is -2.26. The number of carbonyl (C=O) groups is 1. The molecule has 1 aliphatic carbocycles. The number of thiophene rings is 1. The number of benzene rings is 1. The molecule has 1 aromatic carbocycles. The number of rotatable bonds is 3. The lowest BCUT2D eigenvalue weighted by molar-refractivity contribution is 0.0930. The van der Waals surface area contributed by atoms with Gasteiger partial charge in [0.2, 0.25) is 0 Å². The van der Waals surface area contributed by atoms with Crippen molar-refractivity contribution in [1.29, 1.82) is 0 Å². The van der Waals surface area contributed by atoms with Crippen LogP contribution in [0.25, 0.3) is 11.1 Å². The van der Waals surface area contributed by atoms with E-state index in [0.29, 0.717) is 6.04 Å². The summed E-state index contributed by atoms with van der Waals surface area (Å²) >= 11 is 1.50. The van der Waals surface area contributed by atoms with Crippen molar-refractivity contribution in [2.75, 3.05) is 0 Å². The van der Waals surface area contributed by atoms with Crippen LogP contribution in [0, 0.1) is 0 Å². The number of hydrogen-bond donors (Lipinski definition) is 2. The van der Waals surface area contributed by atoms with Crippen molar-refractivity contribution in [2.45, 2.75) is 37.8 Å². The van der Waals surface area contributed by atoms with Gasteiger partial charge < -0.3 is 11.1 Å². The molecular formula is C17H20N2OS. The zero-order valence-electron chi connectivity index (χ0n) is 11.9. The van der Waals surface area contributed by atoms with Crippen molar-refractivity contribution in [2.24, 2.45) is 5.73 Å². The summed E-state index contributed by atoms with van der Waals surface area (Å²) in [6.07, 6.45) is 3.97. The lowest BCUT2D eigenvalue weighted by atomic mass is 9.92. The fraction of sp³-hybridized carbons (Fsp3) is 0.353. The Labute approximate surface area is 129 Å². The fourth-order valence-corrected chi connectivity index (χ4v) is 3.66. The summed E-state index contributed by atoms with van der Waals surface area (Å²) in [6.45, 7) is 0. The molecule has 0 spiro atoms.